The first-order valence-electron chi connectivity index (χ1n) is 7.05. The average Bonchev–Trinajstić information content (AvgIpc) is 2.59. The Morgan fingerprint density at radius 3 is 2.27 bits per heavy atom. The highest BCUT2D eigenvalue weighted by Gasteiger charge is 2.10. The molecule has 0 aliphatic carbocycles. The summed E-state index contributed by atoms with van der Waals surface area (Å²) >= 11 is 1.31. The second kappa shape index (κ2) is 8.65. The number of hydrogen-bond donors (Lipinski definition) is 1. The summed E-state index contributed by atoms with van der Waals surface area (Å²) < 4.78 is 40.5. The summed E-state index contributed by atoms with van der Waals surface area (Å²) in [6.07, 6.45) is -0.943. The van der Waals surface area contributed by atoms with Crippen LogP contribution in [-0.2, 0) is 14.9 Å². The van der Waals surface area contributed by atoms with Crippen LogP contribution in [0.4, 0.5) is 10.5 Å². The number of non-ortho nitro benzene ring substituents is 1. The normalized spacial score (nSPS) is 11.0. The van der Waals surface area contributed by atoms with Crippen molar-refractivity contribution < 1.29 is 32.2 Å². The van der Waals surface area contributed by atoms with Crippen molar-refractivity contribution in [1.29, 1.82) is 0 Å². The van der Waals surface area contributed by atoms with Gasteiger partial charge in [-0.1, -0.05) is 0 Å². The molecule has 11 heteroatoms. The second-order valence-corrected chi connectivity index (χ2v) is 7.34. The molecule has 0 saturated carbocycles. The maximum absolute atomic E-state index is 11.5. The molecule has 138 valence electrons. The van der Waals surface area contributed by atoms with Crippen LogP contribution in [-0.4, -0.2) is 36.4 Å². The fourth-order valence-electron chi connectivity index (χ4n) is 1.75. The van der Waals surface area contributed by atoms with Crippen LogP contribution in [0.3, 0.4) is 0 Å². The number of carbonyl (C=O) groups excluding carboxylic acids is 1. The Hall–Kier alpha value is -2.63. The van der Waals surface area contributed by atoms with Crippen molar-refractivity contribution in [3.63, 3.8) is 0 Å². The monoisotopic (exact) mass is 399 g/mol. The van der Waals surface area contributed by atoms with Crippen molar-refractivity contribution >= 4 is 33.7 Å². The smallest absolute Gasteiger partial charge is 0.433 e. The summed E-state index contributed by atoms with van der Waals surface area (Å²) in [7, 11) is -4.23. The minimum absolute atomic E-state index is 0.0382. The van der Waals surface area contributed by atoms with Crippen molar-refractivity contribution in [1.82, 2.24) is 0 Å². The van der Waals surface area contributed by atoms with Gasteiger partial charge in [0.05, 0.1) is 9.82 Å². The third-order valence-corrected chi connectivity index (χ3v) is 4.79. The van der Waals surface area contributed by atoms with E-state index in [9.17, 15) is 23.3 Å². The lowest BCUT2D eigenvalue weighted by Gasteiger charge is -2.06. The second-order valence-electron chi connectivity index (χ2n) is 4.75. The molecule has 0 bridgehead atoms. The zero-order chi connectivity index (χ0) is 19.2. The lowest BCUT2D eigenvalue weighted by Crippen LogP contribution is -2.12. The Kier molecular flexibility index (Phi) is 6.55. The van der Waals surface area contributed by atoms with E-state index in [0.29, 0.717) is 5.75 Å². The molecule has 0 heterocycles. The van der Waals surface area contributed by atoms with Gasteiger partial charge in [0.2, 0.25) is 0 Å². The van der Waals surface area contributed by atoms with Gasteiger partial charge in [-0.05, 0) is 36.4 Å². The van der Waals surface area contributed by atoms with E-state index in [1.54, 1.807) is 0 Å². The number of nitrogens with zero attached hydrogens (tertiary/aromatic N) is 1. The number of rotatable bonds is 7. The summed E-state index contributed by atoms with van der Waals surface area (Å²) in [6.45, 7) is 0.0382. The van der Waals surface area contributed by atoms with Crippen molar-refractivity contribution in [3.05, 3.63) is 58.6 Å². The maximum Gasteiger partial charge on any atom is 0.513 e. The van der Waals surface area contributed by atoms with Gasteiger partial charge in [0.1, 0.15) is 12.4 Å². The number of hydrogen-bond acceptors (Lipinski definition) is 8. The highest BCUT2D eigenvalue weighted by molar-refractivity contribution is 7.99. The van der Waals surface area contributed by atoms with Crippen LogP contribution in [0, 0.1) is 10.1 Å². The number of nitro benzene ring substituents is 1. The highest BCUT2D eigenvalue weighted by atomic mass is 32.2. The zero-order valence-corrected chi connectivity index (χ0v) is 14.7. The first-order valence-corrected chi connectivity index (χ1v) is 9.48. The highest BCUT2D eigenvalue weighted by Crippen LogP contribution is 2.20. The summed E-state index contributed by atoms with van der Waals surface area (Å²) in [5, 5.41) is 10.5. The standard InChI is InChI=1S/C15H13NO8S2/c17-15(24-12-3-1-11(2-4-12)16(18)19)23-9-10-25-13-5-7-14(8-6-13)26(20,21)22/h1-8H,9-10H2,(H,20,21,22). The predicted octanol–water partition coefficient (Wildman–Crippen LogP) is 3.15. The third-order valence-electron chi connectivity index (χ3n) is 2.94. The summed E-state index contributed by atoms with van der Waals surface area (Å²) in [5.74, 6) is 0.509. The van der Waals surface area contributed by atoms with Gasteiger partial charge < -0.3 is 9.47 Å². The van der Waals surface area contributed by atoms with Gasteiger partial charge in [-0.3, -0.25) is 14.7 Å². The van der Waals surface area contributed by atoms with E-state index < -0.39 is 21.2 Å². The van der Waals surface area contributed by atoms with E-state index in [4.69, 9.17) is 14.0 Å². The van der Waals surface area contributed by atoms with Gasteiger partial charge in [-0.15, -0.1) is 11.8 Å². The fraction of sp³-hybridized carbons (Fsp3) is 0.133. The predicted molar refractivity (Wildman–Crippen MR) is 92.1 cm³/mol. The van der Waals surface area contributed by atoms with Gasteiger partial charge >= 0.3 is 6.16 Å². The van der Waals surface area contributed by atoms with Crippen LogP contribution in [0.25, 0.3) is 0 Å². The van der Waals surface area contributed by atoms with Gasteiger partial charge in [-0.2, -0.15) is 8.42 Å². The number of nitro groups is 1. The van der Waals surface area contributed by atoms with Crippen molar-refractivity contribution in [2.45, 2.75) is 9.79 Å². The van der Waals surface area contributed by atoms with E-state index >= 15 is 0 Å². The molecule has 0 spiro atoms. The number of ether oxygens (including phenoxy) is 2. The Morgan fingerprint density at radius 2 is 1.73 bits per heavy atom. The minimum atomic E-state index is -4.23. The Morgan fingerprint density at radius 1 is 1.12 bits per heavy atom. The van der Waals surface area contributed by atoms with Crippen LogP contribution in [0.2, 0.25) is 0 Å². The van der Waals surface area contributed by atoms with Crippen LogP contribution >= 0.6 is 11.8 Å². The average molecular weight is 399 g/mol. The van der Waals surface area contributed by atoms with Crippen molar-refractivity contribution in [2.24, 2.45) is 0 Å². The lowest BCUT2D eigenvalue weighted by molar-refractivity contribution is -0.384. The van der Waals surface area contributed by atoms with Crippen LogP contribution < -0.4 is 4.74 Å². The first kappa shape index (κ1) is 19.7. The SMILES string of the molecule is O=C(OCCSc1ccc(S(=O)(=O)O)cc1)Oc1ccc([N+](=O)[O-])cc1. The molecular weight excluding hydrogens is 386 g/mol. The summed E-state index contributed by atoms with van der Waals surface area (Å²) in [6, 6.07) is 10.5. The molecule has 0 amide bonds. The van der Waals surface area contributed by atoms with Gasteiger partial charge in [0, 0.05) is 22.8 Å². The van der Waals surface area contributed by atoms with E-state index in [2.05, 4.69) is 0 Å². The molecule has 1 N–H and O–H groups in total. The van der Waals surface area contributed by atoms with E-state index in [1.165, 1.54) is 60.3 Å². The molecule has 0 aliphatic heterocycles. The Labute approximate surface area is 152 Å². The molecule has 9 nitrogen and oxygen atoms in total. The van der Waals surface area contributed by atoms with Crippen LogP contribution in [0.5, 0.6) is 5.75 Å². The van der Waals surface area contributed by atoms with Gasteiger partial charge in [0.15, 0.2) is 0 Å². The zero-order valence-electron chi connectivity index (χ0n) is 13.1. The van der Waals surface area contributed by atoms with E-state index in [0.717, 1.165) is 4.90 Å². The first-order chi connectivity index (χ1) is 12.3. The molecule has 0 radical (unpaired) electrons. The minimum Gasteiger partial charge on any atom is -0.433 e. The molecule has 2 aromatic carbocycles. The van der Waals surface area contributed by atoms with Crippen molar-refractivity contribution in [2.75, 3.05) is 12.4 Å². The molecule has 0 unspecified atom stereocenters. The number of benzene rings is 2. The molecule has 2 rings (SSSR count). The van der Waals surface area contributed by atoms with Gasteiger partial charge in [0.25, 0.3) is 15.8 Å². The molecule has 0 atom stereocenters. The molecule has 0 fully saturated rings. The lowest BCUT2D eigenvalue weighted by atomic mass is 10.3. The van der Waals surface area contributed by atoms with E-state index in [-0.39, 0.29) is 22.9 Å². The molecule has 0 saturated heterocycles. The molecule has 2 aromatic rings. The van der Waals surface area contributed by atoms with E-state index in [1.807, 2.05) is 0 Å². The largest absolute Gasteiger partial charge is 0.513 e. The number of carbonyl (C=O) groups is 1. The third kappa shape index (κ3) is 6.02. The van der Waals surface area contributed by atoms with Gasteiger partial charge in [-0.25, -0.2) is 4.79 Å². The summed E-state index contributed by atoms with van der Waals surface area (Å²) in [4.78, 5) is 22.0. The number of thioether (sulfide) groups is 1. The topological polar surface area (TPSA) is 133 Å². The molecule has 0 aromatic heterocycles. The molecular formula is C15H13NO8S2. The Balaban J connectivity index is 1.73. The molecule has 0 aliphatic rings. The fourth-order valence-corrected chi connectivity index (χ4v) is 2.96. The summed E-state index contributed by atoms with van der Waals surface area (Å²) in [5.41, 5.74) is -0.123. The van der Waals surface area contributed by atoms with Crippen molar-refractivity contribution in [3.8, 4) is 5.75 Å². The van der Waals surface area contributed by atoms with Crippen LogP contribution in [0.15, 0.2) is 58.3 Å². The Bertz CT molecular complexity index is 879. The maximum atomic E-state index is 11.5. The van der Waals surface area contributed by atoms with Crippen LogP contribution in [0.1, 0.15) is 0 Å². The quantitative estimate of drug-likeness (QED) is 0.142. The molecule has 26 heavy (non-hydrogen) atoms.